The Morgan fingerprint density at radius 3 is 2.40 bits per heavy atom. The van der Waals surface area contributed by atoms with E-state index in [-0.39, 0.29) is 5.91 Å². The zero-order chi connectivity index (χ0) is 17.6. The van der Waals surface area contributed by atoms with E-state index < -0.39 is 0 Å². The molecule has 25 heavy (non-hydrogen) atoms. The Balaban J connectivity index is 1.65. The summed E-state index contributed by atoms with van der Waals surface area (Å²) in [6, 6.07) is 16.4. The molecule has 3 rings (SSSR count). The smallest absolute Gasteiger partial charge is 0.224 e. The second kappa shape index (κ2) is 8.17. The number of carbonyl (C=O) groups is 1. The number of benzene rings is 2. The van der Waals surface area contributed by atoms with Crippen LogP contribution in [0.3, 0.4) is 0 Å². The fourth-order valence-corrected chi connectivity index (χ4v) is 3.30. The summed E-state index contributed by atoms with van der Waals surface area (Å²) in [5.41, 5.74) is 3.64. The third-order valence-corrected chi connectivity index (χ3v) is 4.89. The first kappa shape index (κ1) is 17.5. The molecule has 1 aliphatic heterocycles. The summed E-state index contributed by atoms with van der Waals surface area (Å²) in [7, 11) is 1.70. The highest BCUT2D eigenvalue weighted by Crippen LogP contribution is 2.20. The average Bonchev–Trinajstić information content (AvgIpc) is 2.80. The SMILES string of the molecule is COc1ccccc1CN1CCC(=O)N(Cc2ccccc2C)CC1. The first-order valence-electron chi connectivity index (χ1n) is 8.84. The summed E-state index contributed by atoms with van der Waals surface area (Å²) in [6.45, 7) is 6.06. The Labute approximate surface area is 150 Å². The largest absolute Gasteiger partial charge is 0.496 e. The van der Waals surface area contributed by atoms with Gasteiger partial charge in [-0.1, -0.05) is 42.5 Å². The number of carbonyl (C=O) groups excluding carboxylic acids is 1. The molecule has 132 valence electrons. The molecular formula is C21H26N2O2. The lowest BCUT2D eigenvalue weighted by Crippen LogP contribution is -2.33. The summed E-state index contributed by atoms with van der Waals surface area (Å²) < 4.78 is 5.45. The Morgan fingerprint density at radius 1 is 0.920 bits per heavy atom. The second-order valence-corrected chi connectivity index (χ2v) is 6.58. The van der Waals surface area contributed by atoms with Crippen molar-refractivity contribution in [2.24, 2.45) is 0 Å². The summed E-state index contributed by atoms with van der Waals surface area (Å²) in [5.74, 6) is 1.15. The van der Waals surface area contributed by atoms with Crippen LogP contribution in [0.5, 0.6) is 5.75 Å². The van der Waals surface area contributed by atoms with Gasteiger partial charge < -0.3 is 9.64 Å². The first-order valence-corrected chi connectivity index (χ1v) is 8.84. The zero-order valence-electron chi connectivity index (χ0n) is 15.1. The summed E-state index contributed by atoms with van der Waals surface area (Å²) >= 11 is 0. The van der Waals surface area contributed by atoms with Crippen LogP contribution in [-0.2, 0) is 17.9 Å². The molecule has 2 aromatic rings. The fourth-order valence-electron chi connectivity index (χ4n) is 3.30. The Bertz CT molecular complexity index is 729. The normalized spacial score (nSPS) is 15.9. The molecule has 0 aromatic heterocycles. The summed E-state index contributed by atoms with van der Waals surface area (Å²) in [5, 5.41) is 0. The molecule has 0 unspecified atom stereocenters. The van der Waals surface area contributed by atoms with Crippen LogP contribution in [0, 0.1) is 6.92 Å². The first-order chi connectivity index (χ1) is 12.2. The van der Waals surface area contributed by atoms with E-state index in [1.807, 2.05) is 35.2 Å². The molecule has 1 saturated heterocycles. The lowest BCUT2D eigenvalue weighted by Gasteiger charge is -2.23. The van der Waals surface area contributed by atoms with Gasteiger partial charge in [-0.15, -0.1) is 0 Å². The van der Waals surface area contributed by atoms with Crippen molar-refractivity contribution in [1.29, 1.82) is 0 Å². The molecule has 4 nitrogen and oxygen atoms in total. The van der Waals surface area contributed by atoms with Crippen LogP contribution in [0.4, 0.5) is 0 Å². The maximum atomic E-state index is 12.5. The molecule has 1 heterocycles. The fraction of sp³-hybridized carbons (Fsp3) is 0.381. The summed E-state index contributed by atoms with van der Waals surface area (Å²) in [6.07, 6.45) is 0.570. The van der Waals surface area contributed by atoms with Gasteiger partial charge in [-0.3, -0.25) is 9.69 Å². The molecule has 1 fully saturated rings. The third kappa shape index (κ3) is 4.40. The minimum atomic E-state index is 0.241. The van der Waals surface area contributed by atoms with Gasteiger partial charge in [-0.25, -0.2) is 0 Å². The van der Waals surface area contributed by atoms with E-state index in [2.05, 4.69) is 30.0 Å². The number of amides is 1. The molecule has 0 saturated carbocycles. The number of methoxy groups -OCH3 is 1. The van der Waals surface area contributed by atoms with E-state index in [1.165, 1.54) is 16.7 Å². The van der Waals surface area contributed by atoms with Crippen LogP contribution in [-0.4, -0.2) is 42.5 Å². The summed E-state index contributed by atoms with van der Waals surface area (Å²) in [4.78, 5) is 16.9. The van der Waals surface area contributed by atoms with Gasteiger partial charge in [-0.05, 0) is 24.1 Å². The molecular weight excluding hydrogens is 312 g/mol. The molecule has 1 amide bonds. The van der Waals surface area contributed by atoms with Crippen molar-refractivity contribution in [3.63, 3.8) is 0 Å². The predicted molar refractivity (Wildman–Crippen MR) is 99.5 cm³/mol. The monoisotopic (exact) mass is 338 g/mol. The van der Waals surface area contributed by atoms with Gasteiger partial charge in [-0.2, -0.15) is 0 Å². The highest BCUT2D eigenvalue weighted by atomic mass is 16.5. The topological polar surface area (TPSA) is 32.8 Å². The van der Waals surface area contributed by atoms with Crippen LogP contribution in [0.2, 0.25) is 0 Å². The number of hydrogen-bond acceptors (Lipinski definition) is 3. The molecule has 2 aromatic carbocycles. The van der Waals surface area contributed by atoms with Gasteiger partial charge in [0.15, 0.2) is 0 Å². The lowest BCUT2D eigenvalue weighted by atomic mass is 10.1. The maximum Gasteiger partial charge on any atom is 0.224 e. The van der Waals surface area contributed by atoms with E-state index in [0.717, 1.165) is 31.9 Å². The Morgan fingerprint density at radius 2 is 1.64 bits per heavy atom. The number of hydrogen-bond donors (Lipinski definition) is 0. The van der Waals surface area contributed by atoms with E-state index in [4.69, 9.17) is 4.74 Å². The minimum absolute atomic E-state index is 0.241. The Hall–Kier alpha value is -2.33. The predicted octanol–water partition coefficient (Wildman–Crippen LogP) is 3.24. The van der Waals surface area contributed by atoms with Crippen LogP contribution >= 0.6 is 0 Å². The van der Waals surface area contributed by atoms with E-state index in [0.29, 0.717) is 13.0 Å². The van der Waals surface area contributed by atoms with Crippen molar-refractivity contribution in [3.05, 3.63) is 65.2 Å². The Kier molecular flexibility index (Phi) is 5.71. The van der Waals surface area contributed by atoms with Crippen molar-refractivity contribution >= 4 is 5.91 Å². The van der Waals surface area contributed by atoms with Gasteiger partial charge in [0, 0.05) is 44.7 Å². The van der Waals surface area contributed by atoms with Crippen molar-refractivity contribution < 1.29 is 9.53 Å². The lowest BCUT2D eigenvalue weighted by molar-refractivity contribution is -0.130. The number of aryl methyl sites for hydroxylation is 1. The van der Waals surface area contributed by atoms with Crippen LogP contribution in [0.1, 0.15) is 23.1 Å². The number of para-hydroxylation sites is 1. The number of nitrogens with zero attached hydrogens (tertiary/aromatic N) is 2. The standard InChI is InChI=1S/C21H26N2O2/c1-17-7-3-4-8-18(17)16-23-14-13-22(12-11-21(23)24)15-19-9-5-6-10-20(19)25-2/h3-10H,11-16H2,1-2H3. The highest BCUT2D eigenvalue weighted by Gasteiger charge is 2.22. The van der Waals surface area contributed by atoms with Crippen molar-refractivity contribution in [3.8, 4) is 5.75 Å². The third-order valence-electron chi connectivity index (χ3n) is 4.89. The van der Waals surface area contributed by atoms with Gasteiger partial charge in [0.2, 0.25) is 5.91 Å². The number of rotatable bonds is 5. The van der Waals surface area contributed by atoms with Crippen LogP contribution in [0.25, 0.3) is 0 Å². The molecule has 0 atom stereocenters. The van der Waals surface area contributed by atoms with Crippen molar-refractivity contribution in [2.45, 2.75) is 26.4 Å². The molecule has 0 aliphatic carbocycles. The van der Waals surface area contributed by atoms with E-state index in [1.54, 1.807) is 7.11 Å². The van der Waals surface area contributed by atoms with Gasteiger partial charge >= 0.3 is 0 Å². The molecule has 0 radical (unpaired) electrons. The van der Waals surface area contributed by atoms with Gasteiger partial charge in [0.25, 0.3) is 0 Å². The molecule has 0 bridgehead atoms. The second-order valence-electron chi connectivity index (χ2n) is 6.58. The van der Waals surface area contributed by atoms with E-state index >= 15 is 0 Å². The maximum absolute atomic E-state index is 12.5. The van der Waals surface area contributed by atoms with Crippen LogP contribution in [0.15, 0.2) is 48.5 Å². The molecule has 4 heteroatoms. The number of ether oxygens (including phenoxy) is 1. The quantitative estimate of drug-likeness (QED) is 0.839. The zero-order valence-corrected chi connectivity index (χ0v) is 15.1. The molecule has 1 aliphatic rings. The van der Waals surface area contributed by atoms with E-state index in [9.17, 15) is 4.79 Å². The van der Waals surface area contributed by atoms with Gasteiger partial charge in [0.05, 0.1) is 7.11 Å². The average molecular weight is 338 g/mol. The van der Waals surface area contributed by atoms with Crippen molar-refractivity contribution in [1.82, 2.24) is 9.80 Å². The molecule has 0 spiro atoms. The van der Waals surface area contributed by atoms with Gasteiger partial charge in [0.1, 0.15) is 5.75 Å². The highest BCUT2D eigenvalue weighted by molar-refractivity contribution is 5.76. The minimum Gasteiger partial charge on any atom is -0.496 e. The molecule has 0 N–H and O–H groups in total. The van der Waals surface area contributed by atoms with Crippen molar-refractivity contribution in [2.75, 3.05) is 26.7 Å². The van der Waals surface area contributed by atoms with Crippen LogP contribution < -0.4 is 4.74 Å².